The maximum atomic E-state index is 10.9. The van der Waals surface area contributed by atoms with E-state index in [9.17, 15) is 4.79 Å². The molecule has 0 saturated carbocycles. The first kappa shape index (κ1) is 10.4. The number of carbonyl (C=O) groups is 1. The van der Waals surface area contributed by atoms with Crippen molar-refractivity contribution >= 4 is 38.2 Å². The third-order valence-corrected chi connectivity index (χ3v) is 3.04. The minimum Gasteiger partial charge on any atom is -0.477 e. The van der Waals surface area contributed by atoms with Crippen LogP contribution in [0.15, 0.2) is 17.4 Å². The van der Waals surface area contributed by atoms with Crippen LogP contribution in [0.25, 0.3) is 11.0 Å². The fourth-order valence-electron chi connectivity index (χ4n) is 1.26. The van der Waals surface area contributed by atoms with Crippen molar-refractivity contribution in [3.05, 3.63) is 18.0 Å². The minimum atomic E-state index is -0.978. The smallest absolute Gasteiger partial charge is 0.352 e. The molecule has 2 aromatic heterocycles. The maximum absolute atomic E-state index is 10.9. The van der Waals surface area contributed by atoms with Crippen LogP contribution >= 0.6 is 21.2 Å². The summed E-state index contributed by atoms with van der Waals surface area (Å²) in [6, 6.07) is 1.55. The molecule has 0 radical (unpaired) electrons. The first-order valence-corrected chi connectivity index (χ1v) is 5.78. The van der Waals surface area contributed by atoms with Gasteiger partial charge in [0.25, 0.3) is 0 Å². The molecule has 0 saturated heterocycles. The van der Waals surface area contributed by atoms with Gasteiger partial charge in [0.15, 0.2) is 5.16 Å². The third-order valence-electron chi connectivity index (χ3n) is 1.96. The van der Waals surface area contributed by atoms with E-state index in [1.165, 1.54) is 16.1 Å². The summed E-state index contributed by atoms with van der Waals surface area (Å²) < 4.78 is 1.47. The second-order valence-electron chi connectivity index (χ2n) is 2.84. The van der Waals surface area contributed by atoms with E-state index in [1.54, 1.807) is 12.3 Å². The topological polar surface area (TPSA) is 68.0 Å². The van der Waals surface area contributed by atoms with Crippen LogP contribution in [-0.2, 0) is 0 Å². The van der Waals surface area contributed by atoms with Gasteiger partial charge in [-0.1, -0.05) is 11.8 Å². The number of carboxylic acid groups (broad SMARTS) is 1. The first-order valence-electron chi connectivity index (χ1n) is 4.04. The van der Waals surface area contributed by atoms with Crippen LogP contribution in [-0.4, -0.2) is 31.6 Å². The molecule has 15 heavy (non-hydrogen) atoms. The van der Waals surface area contributed by atoms with E-state index in [4.69, 9.17) is 5.11 Å². The Bertz CT molecular complexity index is 540. The number of fused-ring (bicyclic) bond motifs is 1. The number of nitrogens with zero attached hydrogens (tertiary/aromatic N) is 3. The van der Waals surface area contributed by atoms with Crippen molar-refractivity contribution in [3.8, 4) is 0 Å². The van der Waals surface area contributed by atoms with Gasteiger partial charge in [-0.3, -0.25) is 0 Å². The summed E-state index contributed by atoms with van der Waals surface area (Å²) in [5.41, 5.74) is 0.791. The van der Waals surface area contributed by atoms with E-state index in [0.717, 1.165) is 5.39 Å². The summed E-state index contributed by atoms with van der Waals surface area (Å²) >= 11 is 1.42. The zero-order valence-corrected chi connectivity index (χ0v) is 9.81. The zero-order chi connectivity index (χ0) is 11.0. The predicted molar refractivity (Wildman–Crippen MR) is 61.4 cm³/mol. The van der Waals surface area contributed by atoms with Gasteiger partial charge in [-0.2, -0.15) is 0 Å². The van der Waals surface area contributed by atoms with Crippen LogP contribution in [0.3, 0.4) is 0 Å². The van der Waals surface area contributed by atoms with E-state index in [-0.39, 0.29) is 5.69 Å². The molecule has 7 heteroatoms. The summed E-state index contributed by atoms with van der Waals surface area (Å²) in [5.74, 6) is -0.978. The quantitative estimate of drug-likeness (QED) is 0.490. The Balaban J connectivity index is 2.72. The SMILES string of the molecule is CSc1ncc2cc(C(=O)O)n(P)c2n1. The lowest BCUT2D eigenvalue weighted by atomic mass is 10.4. The van der Waals surface area contributed by atoms with Crippen molar-refractivity contribution < 1.29 is 9.90 Å². The number of aromatic carboxylic acids is 1. The summed E-state index contributed by atoms with van der Waals surface area (Å²) in [5, 5.41) is 10.3. The van der Waals surface area contributed by atoms with E-state index in [2.05, 4.69) is 19.4 Å². The van der Waals surface area contributed by atoms with Crippen molar-refractivity contribution in [3.63, 3.8) is 0 Å². The molecule has 2 heterocycles. The molecular formula is C8H8N3O2PS. The maximum Gasteiger partial charge on any atom is 0.352 e. The highest BCUT2D eigenvalue weighted by molar-refractivity contribution is 7.98. The molecule has 0 fully saturated rings. The van der Waals surface area contributed by atoms with Crippen LogP contribution in [0.4, 0.5) is 0 Å². The number of thioether (sulfide) groups is 1. The van der Waals surface area contributed by atoms with Crippen molar-refractivity contribution in [2.45, 2.75) is 5.16 Å². The molecule has 0 bridgehead atoms. The molecule has 78 valence electrons. The van der Waals surface area contributed by atoms with Crippen LogP contribution in [0, 0.1) is 0 Å². The van der Waals surface area contributed by atoms with Gasteiger partial charge in [0.1, 0.15) is 11.3 Å². The molecule has 5 nitrogen and oxygen atoms in total. The zero-order valence-electron chi connectivity index (χ0n) is 7.84. The highest BCUT2D eigenvalue weighted by Gasteiger charge is 2.13. The average Bonchev–Trinajstić information content (AvgIpc) is 2.56. The Labute approximate surface area is 92.2 Å². The number of hydrogen-bond donors (Lipinski definition) is 1. The summed E-state index contributed by atoms with van der Waals surface area (Å²) in [7, 11) is 2.34. The fourth-order valence-corrected chi connectivity index (χ4v) is 1.98. The largest absolute Gasteiger partial charge is 0.477 e. The van der Waals surface area contributed by atoms with E-state index in [1.807, 2.05) is 6.26 Å². The lowest BCUT2D eigenvalue weighted by Gasteiger charge is -1.98. The average molecular weight is 241 g/mol. The molecule has 1 N–H and O–H groups in total. The second-order valence-corrected chi connectivity index (χ2v) is 4.13. The number of carboxylic acids is 1. The Morgan fingerprint density at radius 1 is 1.67 bits per heavy atom. The molecule has 0 aliphatic rings. The van der Waals surface area contributed by atoms with Gasteiger partial charge in [0.2, 0.25) is 0 Å². The Morgan fingerprint density at radius 2 is 2.40 bits per heavy atom. The summed E-state index contributed by atoms with van der Waals surface area (Å²) in [4.78, 5) is 19.2. The number of aromatic nitrogens is 3. The molecule has 0 aromatic carbocycles. The van der Waals surface area contributed by atoms with Crippen LogP contribution < -0.4 is 0 Å². The molecular weight excluding hydrogens is 233 g/mol. The van der Waals surface area contributed by atoms with E-state index in [0.29, 0.717) is 10.8 Å². The lowest BCUT2D eigenvalue weighted by molar-refractivity contribution is 0.0690. The van der Waals surface area contributed by atoms with Crippen molar-refractivity contribution in [2.24, 2.45) is 0 Å². The first-order chi connectivity index (χ1) is 7.13. The van der Waals surface area contributed by atoms with Crippen LogP contribution in [0.5, 0.6) is 0 Å². The van der Waals surface area contributed by atoms with E-state index >= 15 is 0 Å². The normalized spacial score (nSPS) is 10.8. The summed E-state index contributed by atoms with van der Waals surface area (Å²) in [6.45, 7) is 0. The predicted octanol–water partition coefficient (Wildman–Crippen LogP) is 1.49. The fraction of sp³-hybridized carbons (Fsp3) is 0.125. The van der Waals surface area contributed by atoms with Gasteiger partial charge < -0.3 is 9.44 Å². The van der Waals surface area contributed by atoms with Gasteiger partial charge in [-0.05, 0) is 21.7 Å². The number of rotatable bonds is 2. The highest BCUT2D eigenvalue weighted by Crippen LogP contribution is 2.21. The Hall–Kier alpha value is -1.13. The molecule has 0 spiro atoms. The molecule has 1 unspecified atom stereocenters. The van der Waals surface area contributed by atoms with Gasteiger partial charge in [0, 0.05) is 11.6 Å². The van der Waals surface area contributed by atoms with Gasteiger partial charge >= 0.3 is 5.97 Å². The Morgan fingerprint density at radius 3 is 3.00 bits per heavy atom. The lowest BCUT2D eigenvalue weighted by Crippen LogP contribution is -2.00. The standard InChI is InChI=1S/C8H8N3O2PS/c1-15-8-9-3-4-2-5(7(12)13)11(14)6(4)10-8/h2-3H,14H2,1H3,(H,12,13). The van der Waals surface area contributed by atoms with Crippen LogP contribution in [0.1, 0.15) is 10.5 Å². The molecule has 0 aliphatic heterocycles. The van der Waals surface area contributed by atoms with Crippen molar-refractivity contribution in [1.29, 1.82) is 0 Å². The monoisotopic (exact) mass is 241 g/mol. The third kappa shape index (κ3) is 1.70. The minimum absolute atomic E-state index is 0.183. The molecule has 0 amide bonds. The molecule has 1 atom stereocenters. The van der Waals surface area contributed by atoms with E-state index < -0.39 is 5.97 Å². The molecule has 0 aliphatic carbocycles. The summed E-state index contributed by atoms with van der Waals surface area (Å²) in [6.07, 6.45) is 3.50. The van der Waals surface area contributed by atoms with Gasteiger partial charge in [-0.25, -0.2) is 14.8 Å². The molecule has 2 aromatic rings. The van der Waals surface area contributed by atoms with Crippen molar-refractivity contribution in [1.82, 2.24) is 14.3 Å². The molecule has 2 rings (SSSR count). The second kappa shape index (κ2) is 3.79. The van der Waals surface area contributed by atoms with Gasteiger partial charge in [-0.15, -0.1) is 0 Å². The number of hydrogen-bond acceptors (Lipinski definition) is 4. The van der Waals surface area contributed by atoms with Crippen LogP contribution in [0.2, 0.25) is 0 Å². The Kier molecular flexibility index (Phi) is 2.63. The van der Waals surface area contributed by atoms with Gasteiger partial charge in [0.05, 0.1) is 0 Å². The highest BCUT2D eigenvalue weighted by atomic mass is 32.2. The van der Waals surface area contributed by atoms with Crippen molar-refractivity contribution in [2.75, 3.05) is 6.26 Å².